The Balaban J connectivity index is 5.11. The molecular formula is C10H23OP. The van der Waals surface area contributed by atoms with E-state index in [1.807, 2.05) is 6.92 Å². The molecule has 0 heterocycles. The van der Waals surface area contributed by atoms with Crippen molar-refractivity contribution in [2.24, 2.45) is 0 Å². The summed E-state index contributed by atoms with van der Waals surface area (Å²) in [6.07, 6.45) is 0.806. The summed E-state index contributed by atoms with van der Waals surface area (Å²) >= 11 is 0. The Morgan fingerprint density at radius 2 is 1.17 bits per heavy atom. The topological polar surface area (TPSA) is 17.1 Å². The van der Waals surface area contributed by atoms with Crippen LogP contribution in [0, 0.1) is 0 Å². The lowest BCUT2D eigenvalue weighted by atomic mass is 10.2. The molecule has 0 saturated heterocycles. The molecule has 0 radical (unpaired) electrons. The van der Waals surface area contributed by atoms with Gasteiger partial charge >= 0.3 is 0 Å². The van der Waals surface area contributed by atoms with Crippen LogP contribution in [0.25, 0.3) is 0 Å². The van der Waals surface area contributed by atoms with Gasteiger partial charge in [-0.05, 0) is 6.16 Å². The van der Waals surface area contributed by atoms with Gasteiger partial charge in [0.1, 0.15) is 0 Å². The van der Waals surface area contributed by atoms with Gasteiger partial charge in [-0.1, -0.05) is 48.5 Å². The van der Waals surface area contributed by atoms with Gasteiger partial charge in [0.25, 0.3) is 0 Å². The molecule has 1 nitrogen and oxygen atoms in total. The molecule has 0 aliphatic heterocycles. The van der Waals surface area contributed by atoms with Crippen LogP contribution in [0.4, 0.5) is 0 Å². The Kier molecular flexibility index (Phi) is 3.24. The van der Waals surface area contributed by atoms with E-state index >= 15 is 0 Å². The number of rotatable bonds is 1. The van der Waals surface area contributed by atoms with E-state index in [1.54, 1.807) is 0 Å². The van der Waals surface area contributed by atoms with Gasteiger partial charge in [-0.15, -0.1) is 0 Å². The maximum atomic E-state index is 12.6. The lowest BCUT2D eigenvalue weighted by molar-refractivity contribution is 0.518. The highest BCUT2D eigenvalue weighted by Crippen LogP contribution is 2.66. The van der Waals surface area contributed by atoms with E-state index in [-0.39, 0.29) is 10.3 Å². The van der Waals surface area contributed by atoms with Crippen molar-refractivity contribution >= 4 is 7.14 Å². The van der Waals surface area contributed by atoms with Crippen molar-refractivity contribution in [2.75, 3.05) is 6.16 Å². The highest BCUT2D eigenvalue weighted by molar-refractivity contribution is 7.66. The first kappa shape index (κ1) is 12.2. The second kappa shape index (κ2) is 3.18. The summed E-state index contributed by atoms with van der Waals surface area (Å²) in [6, 6.07) is 0. The average Bonchev–Trinajstić information content (AvgIpc) is 1.81. The van der Waals surface area contributed by atoms with Crippen molar-refractivity contribution in [3.05, 3.63) is 0 Å². The zero-order valence-corrected chi connectivity index (χ0v) is 10.5. The molecule has 0 saturated carbocycles. The van der Waals surface area contributed by atoms with Crippen molar-refractivity contribution in [3.8, 4) is 0 Å². The third-order valence-electron chi connectivity index (χ3n) is 2.61. The van der Waals surface area contributed by atoms with Crippen molar-refractivity contribution in [3.63, 3.8) is 0 Å². The summed E-state index contributed by atoms with van der Waals surface area (Å²) in [5.41, 5.74) is 0. The van der Waals surface area contributed by atoms with E-state index in [9.17, 15) is 4.57 Å². The normalized spacial score (nSPS) is 14.9. The molecule has 0 spiro atoms. The molecule has 0 aromatic heterocycles. The highest BCUT2D eigenvalue weighted by Gasteiger charge is 2.44. The van der Waals surface area contributed by atoms with Crippen LogP contribution in [0.2, 0.25) is 0 Å². The third-order valence-corrected chi connectivity index (χ3v) is 7.84. The van der Waals surface area contributed by atoms with Crippen molar-refractivity contribution in [1.82, 2.24) is 0 Å². The van der Waals surface area contributed by atoms with Crippen LogP contribution in [0.15, 0.2) is 0 Å². The minimum atomic E-state index is -2.07. The molecule has 0 aliphatic rings. The minimum absolute atomic E-state index is 0.0556. The largest absolute Gasteiger partial charge is 0.322 e. The predicted molar refractivity (Wildman–Crippen MR) is 57.7 cm³/mol. The maximum Gasteiger partial charge on any atom is 0.0975 e. The Hall–Kier alpha value is 0.230. The minimum Gasteiger partial charge on any atom is -0.322 e. The van der Waals surface area contributed by atoms with Crippen LogP contribution < -0.4 is 0 Å². The van der Waals surface area contributed by atoms with Crippen molar-refractivity contribution in [1.29, 1.82) is 0 Å². The molecule has 0 aromatic rings. The van der Waals surface area contributed by atoms with Crippen LogP contribution in [0.5, 0.6) is 0 Å². The number of hydrogen-bond acceptors (Lipinski definition) is 1. The van der Waals surface area contributed by atoms with Gasteiger partial charge < -0.3 is 4.57 Å². The molecule has 0 atom stereocenters. The summed E-state index contributed by atoms with van der Waals surface area (Å²) in [5.74, 6) is 0. The summed E-state index contributed by atoms with van der Waals surface area (Å²) in [4.78, 5) is 0. The van der Waals surface area contributed by atoms with Crippen LogP contribution in [0.1, 0.15) is 48.5 Å². The zero-order chi connectivity index (χ0) is 10.2. The van der Waals surface area contributed by atoms with Crippen molar-refractivity contribution < 1.29 is 4.57 Å². The Bertz CT molecular complexity index is 175. The molecule has 0 bridgehead atoms. The summed E-state index contributed by atoms with van der Waals surface area (Å²) in [5, 5.41) is -0.111. The smallest absolute Gasteiger partial charge is 0.0975 e. The lowest BCUT2D eigenvalue weighted by Gasteiger charge is -2.40. The molecule has 0 unspecified atom stereocenters. The second-order valence-electron chi connectivity index (χ2n) is 5.40. The summed E-state index contributed by atoms with van der Waals surface area (Å²) in [7, 11) is -2.07. The first-order chi connectivity index (χ1) is 5.06. The summed E-state index contributed by atoms with van der Waals surface area (Å²) < 4.78 is 12.6. The van der Waals surface area contributed by atoms with Gasteiger partial charge in [0, 0.05) is 10.3 Å². The third kappa shape index (κ3) is 1.93. The van der Waals surface area contributed by atoms with E-state index in [0.717, 1.165) is 6.16 Å². The van der Waals surface area contributed by atoms with Gasteiger partial charge in [-0.25, -0.2) is 0 Å². The van der Waals surface area contributed by atoms with E-state index < -0.39 is 7.14 Å². The fourth-order valence-corrected chi connectivity index (χ4v) is 5.86. The Morgan fingerprint density at radius 1 is 0.917 bits per heavy atom. The Morgan fingerprint density at radius 3 is 1.17 bits per heavy atom. The van der Waals surface area contributed by atoms with E-state index in [1.165, 1.54) is 0 Å². The zero-order valence-electron chi connectivity index (χ0n) is 9.56. The maximum absolute atomic E-state index is 12.6. The van der Waals surface area contributed by atoms with Crippen LogP contribution in [0.3, 0.4) is 0 Å². The van der Waals surface area contributed by atoms with E-state index in [0.29, 0.717) is 0 Å². The predicted octanol–water partition coefficient (Wildman–Crippen LogP) is 3.97. The van der Waals surface area contributed by atoms with Crippen LogP contribution in [-0.2, 0) is 4.57 Å². The van der Waals surface area contributed by atoms with Crippen molar-refractivity contribution in [2.45, 2.75) is 58.8 Å². The molecule has 0 N–H and O–H groups in total. The quantitative estimate of drug-likeness (QED) is 0.572. The fourth-order valence-electron chi connectivity index (χ4n) is 1.95. The molecule has 0 amide bonds. The Labute approximate surface area is 77.3 Å². The van der Waals surface area contributed by atoms with Gasteiger partial charge in [-0.3, -0.25) is 0 Å². The molecular weight excluding hydrogens is 167 g/mol. The standard InChI is InChI=1S/C10H23OP/c1-8-12(11,9(2,3)4)10(5,6)7/h8H2,1-7H3. The molecule has 0 aliphatic carbocycles. The highest BCUT2D eigenvalue weighted by atomic mass is 31.2. The second-order valence-corrected chi connectivity index (χ2v) is 10.2. The molecule has 0 fully saturated rings. The molecule has 2 heteroatoms. The van der Waals surface area contributed by atoms with Gasteiger partial charge in [0.05, 0.1) is 7.14 Å². The molecule has 74 valence electrons. The lowest BCUT2D eigenvalue weighted by Crippen LogP contribution is -2.29. The van der Waals surface area contributed by atoms with Gasteiger partial charge in [0.15, 0.2) is 0 Å². The van der Waals surface area contributed by atoms with Gasteiger partial charge in [0.2, 0.25) is 0 Å². The van der Waals surface area contributed by atoms with E-state index in [2.05, 4.69) is 41.5 Å². The SMILES string of the molecule is CCP(=O)(C(C)(C)C)C(C)(C)C. The van der Waals surface area contributed by atoms with E-state index in [4.69, 9.17) is 0 Å². The van der Waals surface area contributed by atoms with Crippen LogP contribution >= 0.6 is 7.14 Å². The first-order valence-electron chi connectivity index (χ1n) is 4.65. The van der Waals surface area contributed by atoms with Gasteiger partial charge in [-0.2, -0.15) is 0 Å². The average molecular weight is 190 g/mol. The molecule has 0 rings (SSSR count). The van der Waals surface area contributed by atoms with Crippen LogP contribution in [-0.4, -0.2) is 16.5 Å². The number of hydrogen-bond donors (Lipinski definition) is 0. The first-order valence-corrected chi connectivity index (χ1v) is 6.55. The summed E-state index contributed by atoms with van der Waals surface area (Å²) in [6.45, 7) is 14.6. The molecule has 0 aromatic carbocycles. The molecule has 12 heavy (non-hydrogen) atoms. The monoisotopic (exact) mass is 190 g/mol. The fraction of sp³-hybridized carbons (Fsp3) is 1.00.